The van der Waals surface area contributed by atoms with E-state index in [1.807, 2.05) is 24.3 Å². The number of piperazine rings is 1. The Kier molecular flexibility index (Phi) is 6.42. The van der Waals surface area contributed by atoms with Gasteiger partial charge in [0, 0.05) is 25.7 Å². The number of amides is 1. The predicted molar refractivity (Wildman–Crippen MR) is 92.6 cm³/mol. The zero-order chi connectivity index (χ0) is 16.8. The molecule has 1 aliphatic heterocycles. The van der Waals surface area contributed by atoms with Crippen LogP contribution in [0.2, 0.25) is 0 Å². The van der Waals surface area contributed by atoms with Gasteiger partial charge < -0.3 is 15.4 Å². The van der Waals surface area contributed by atoms with Gasteiger partial charge in [0.2, 0.25) is 5.91 Å². The topological polar surface area (TPSA) is 53.6 Å². The molecule has 2 N–H and O–H groups in total. The number of nitrogens with zero attached hydrogens (tertiary/aromatic N) is 1. The molecule has 1 aromatic rings. The van der Waals surface area contributed by atoms with Crippen molar-refractivity contribution in [2.75, 3.05) is 33.3 Å². The summed E-state index contributed by atoms with van der Waals surface area (Å²) < 4.78 is 5.20. The van der Waals surface area contributed by atoms with Gasteiger partial charge in [-0.3, -0.25) is 9.69 Å². The number of benzene rings is 1. The summed E-state index contributed by atoms with van der Waals surface area (Å²) in [6.07, 6.45) is 0. The molecule has 1 unspecified atom stereocenters. The van der Waals surface area contributed by atoms with Gasteiger partial charge in [0.05, 0.1) is 19.7 Å². The molecule has 2 atom stereocenters. The highest BCUT2D eigenvalue weighted by atomic mass is 16.5. The Labute approximate surface area is 139 Å². The van der Waals surface area contributed by atoms with E-state index in [9.17, 15) is 4.79 Å². The summed E-state index contributed by atoms with van der Waals surface area (Å²) in [6, 6.07) is 8.35. The Morgan fingerprint density at radius 2 is 2.09 bits per heavy atom. The molecule has 1 aliphatic rings. The SMILES string of the molecule is COc1ccc(C(NC(=O)CN2CCNC[C@H]2C)C(C)C)cc1. The van der Waals surface area contributed by atoms with Gasteiger partial charge in [0.15, 0.2) is 0 Å². The van der Waals surface area contributed by atoms with Crippen LogP contribution in [0.3, 0.4) is 0 Å². The molecule has 0 aliphatic carbocycles. The van der Waals surface area contributed by atoms with Crippen LogP contribution in [0.5, 0.6) is 5.75 Å². The van der Waals surface area contributed by atoms with Crippen molar-refractivity contribution in [1.29, 1.82) is 0 Å². The molecule has 0 bridgehead atoms. The lowest BCUT2D eigenvalue weighted by Gasteiger charge is -2.34. The van der Waals surface area contributed by atoms with Crippen LogP contribution >= 0.6 is 0 Å². The fourth-order valence-corrected chi connectivity index (χ4v) is 2.97. The Balaban J connectivity index is 1.99. The summed E-state index contributed by atoms with van der Waals surface area (Å²) in [4.78, 5) is 14.7. The van der Waals surface area contributed by atoms with Crippen LogP contribution in [0, 0.1) is 5.92 Å². The molecule has 128 valence electrons. The molecule has 1 aromatic carbocycles. The highest BCUT2D eigenvalue weighted by Crippen LogP contribution is 2.23. The number of methoxy groups -OCH3 is 1. The molecule has 5 heteroatoms. The normalized spacial score (nSPS) is 20.3. The monoisotopic (exact) mass is 319 g/mol. The molecule has 5 nitrogen and oxygen atoms in total. The van der Waals surface area contributed by atoms with E-state index in [0.717, 1.165) is 30.9 Å². The Morgan fingerprint density at radius 1 is 1.39 bits per heavy atom. The molecule has 1 saturated heterocycles. The number of hydrogen-bond acceptors (Lipinski definition) is 4. The average Bonchev–Trinajstić information content (AvgIpc) is 2.55. The minimum atomic E-state index is 0.0200. The Hall–Kier alpha value is -1.59. The van der Waals surface area contributed by atoms with Crippen LogP contribution in [0.15, 0.2) is 24.3 Å². The summed E-state index contributed by atoms with van der Waals surface area (Å²) in [5.74, 6) is 1.25. The van der Waals surface area contributed by atoms with Crippen LogP contribution < -0.4 is 15.4 Å². The van der Waals surface area contributed by atoms with Gasteiger partial charge in [-0.2, -0.15) is 0 Å². The second-order valence-corrected chi connectivity index (χ2v) is 6.59. The number of carbonyl (C=O) groups is 1. The van der Waals surface area contributed by atoms with Crippen LogP contribution in [0.1, 0.15) is 32.4 Å². The van der Waals surface area contributed by atoms with E-state index in [0.29, 0.717) is 18.5 Å². The van der Waals surface area contributed by atoms with Crippen LogP contribution in [0.4, 0.5) is 0 Å². The first kappa shape index (κ1) is 17.8. The molecular formula is C18H29N3O2. The highest BCUT2D eigenvalue weighted by Gasteiger charge is 2.23. The number of carbonyl (C=O) groups excluding carboxylic acids is 1. The summed E-state index contributed by atoms with van der Waals surface area (Å²) in [7, 11) is 1.66. The van der Waals surface area contributed by atoms with Crippen molar-refractivity contribution < 1.29 is 9.53 Å². The van der Waals surface area contributed by atoms with E-state index in [1.54, 1.807) is 7.11 Å². The zero-order valence-corrected chi connectivity index (χ0v) is 14.6. The van der Waals surface area contributed by atoms with Gasteiger partial charge in [-0.25, -0.2) is 0 Å². The molecule has 1 amide bonds. The molecule has 0 radical (unpaired) electrons. The maximum Gasteiger partial charge on any atom is 0.234 e. The molecule has 23 heavy (non-hydrogen) atoms. The van der Waals surface area contributed by atoms with Crippen molar-refractivity contribution in [3.8, 4) is 5.75 Å². The first-order valence-corrected chi connectivity index (χ1v) is 8.39. The lowest BCUT2D eigenvalue weighted by molar-refractivity contribution is -0.124. The van der Waals surface area contributed by atoms with Gasteiger partial charge in [-0.1, -0.05) is 26.0 Å². The molecule has 0 aromatic heterocycles. The quantitative estimate of drug-likeness (QED) is 0.839. The predicted octanol–water partition coefficient (Wildman–Crippen LogP) is 1.80. The minimum Gasteiger partial charge on any atom is -0.497 e. The largest absolute Gasteiger partial charge is 0.497 e. The number of hydrogen-bond donors (Lipinski definition) is 2. The first-order valence-electron chi connectivity index (χ1n) is 8.39. The van der Waals surface area contributed by atoms with E-state index < -0.39 is 0 Å². The number of ether oxygens (including phenoxy) is 1. The minimum absolute atomic E-state index is 0.0200. The summed E-state index contributed by atoms with van der Waals surface area (Å²) in [5, 5.41) is 6.54. The second kappa shape index (κ2) is 8.31. The van der Waals surface area contributed by atoms with Gasteiger partial charge in [-0.05, 0) is 30.5 Å². The lowest BCUT2D eigenvalue weighted by atomic mass is 9.96. The Bertz CT molecular complexity index is 501. The van der Waals surface area contributed by atoms with Crippen molar-refractivity contribution >= 4 is 5.91 Å². The molecule has 0 saturated carbocycles. The lowest BCUT2D eigenvalue weighted by Crippen LogP contribution is -2.53. The summed E-state index contributed by atoms with van der Waals surface area (Å²) in [6.45, 7) is 9.68. The first-order chi connectivity index (χ1) is 11.0. The van der Waals surface area contributed by atoms with Crippen molar-refractivity contribution in [1.82, 2.24) is 15.5 Å². The third kappa shape index (κ3) is 4.94. The average molecular weight is 319 g/mol. The smallest absolute Gasteiger partial charge is 0.234 e. The third-order valence-corrected chi connectivity index (χ3v) is 4.44. The summed E-state index contributed by atoms with van der Waals surface area (Å²) >= 11 is 0. The molecule has 2 rings (SSSR count). The van der Waals surface area contributed by atoms with Crippen LogP contribution in [0.25, 0.3) is 0 Å². The van der Waals surface area contributed by atoms with Crippen molar-refractivity contribution in [2.24, 2.45) is 5.92 Å². The van der Waals surface area contributed by atoms with Crippen molar-refractivity contribution in [2.45, 2.75) is 32.9 Å². The summed E-state index contributed by atoms with van der Waals surface area (Å²) in [5.41, 5.74) is 1.11. The highest BCUT2D eigenvalue weighted by molar-refractivity contribution is 5.78. The molecular weight excluding hydrogens is 290 g/mol. The second-order valence-electron chi connectivity index (χ2n) is 6.59. The standard InChI is InChI=1S/C18H29N3O2/c1-13(2)18(15-5-7-16(23-4)8-6-15)20-17(22)12-21-10-9-19-11-14(21)3/h5-8,13-14,18-19H,9-12H2,1-4H3,(H,20,22)/t14-,18?/m1/s1. The maximum atomic E-state index is 12.5. The van der Waals surface area contributed by atoms with Gasteiger partial charge in [-0.15, -0.1) is 0 Å². The van der Waals surface area contributed by atoms with Crippen LogP contribution in [-0.2, 0) is 4.79 Å². The Morgan fingerprint density at radius 3 is 2.65 bits per heavy atom. The molecule has 0 spiro atoms. The van der Waals surface area contributed by atoms with E-state index in [4.69, 9.17) is 4.74 Å². The zero-order valence-electron chi connectivity index (χ0n) is 14.6. The van der Waals surface area contributed by atoms with Crippen molar-refractivity contribution in [3.05, 3.63) is 29.8 Å². The van der Waals surface area contributed by atoms with Crippen molar-refractivity contribution in [3.63, 3.8) is 0 Å². The number of nitrogens with one attached hydrogen (secondary N) is 2. The van der Waals surface area contributed by atoms with Gasteiger partial charge >= 0.3 is 0 Å². The maximum absolute atomic E-state index is 12.5. The fraction of sp³-hybridized carbons (Fsp3) is 0.611. The van der Waals surface area contributed by atoms with E-state index in [2.05, 4.69) is 36.3 Å². The fourth-order valence-electron chi connectivity index (χ4n) is 2.97. The van der Waals surface area contributed by atoms with E-state index >= 15 is 0 Å². The van der Waals surface area contributed by atoms with Gasteiger partial charge in [0.25, 0.3) is 0 Å². The number of rotatable bonds is 6. The molecule has 1 heterocycles. The van der Waals surface area contributed by atoms with E-state index in [-0.39, 0.29) is 11.9 Å². The molecule has 1 fully saturated rings. The van der Waals surface area contributed by atoms with Crippen LogP contribution in [-0.4, -0.2) is 50.1 Å². The van der Waals surface area contributed by atoms with Gasteiger partial charge in [0.1, 0.15) is 5.75 Å². The third-order valence-electron chi connectivity index (χ3n) is 4.44. The van der Waals surface area contributed by atoms with E-state index in [1.165, 1.54) is 0 Å².